The third-order valence-electron chi connectivity index (χ3n) is 4.02. The molecule has 0 bridgehead atoms. The fourth-order valence-electron chi connectivity index (χ4n) is 2.81. The topological polar surface area (TPSA) is 84.4 Å². The van der Waals surface area contributed by atoms with Gasteiger partial charge in [0.25, 0.3) is 0 Å². The molecule has 3 rings (SSSR count). The Hall–Kier alpha value is -2.08. The van der Waals surface area contributed by atoms with E-state index in [4.69, 9.17) is 10.2 Å². The molecule has 1 aromatic heterocycles. The van der Waals surface area contributed by atoms with Gasteiger partial charge in [0.05, 0.1) is 6.54 Å². The number of piperidine rings is 1. The monoisotopic (exact) mass is 288 g/mol. The van der Waals surface area contributed by atoms with Crippen LogP contribution in [0.1, 0.15) is 18.7 Å². The fraction of sp³-hybridized carbons (Fsp3) is 0.467. The van der Waals surface area contributed by atoms with Crippen LogP contribution in [0.15, 0.2) is 22.6 Å². The van der Waals surface area contributed by atoms with Crippen LogP contribution in [0, 0.1) is 5.92 Å². The minimum absolute atomic E-state index is 0.134. The Kier molecular flexibility index (Phi) is 3.79. The summed E-state index contributed by atoms with van der Waals surface area (Å²) in [5.41, 5.74) is 7.98. The molecule has 21 heavy (non-hydrogen) atoms. The first kappa shape index (κ1) is 13.9. The van der Waals surface area contributed by atoms with Crippen LogP contribution >= 0.6 is 0 Å². The van der Waals surface area contributed by atoms with Crippen molar-refractivity contribution in [3.05, 3.63) is 24.1 Å². The van der Waals surface area contributed by atoms with Gasteiger partial charge in [-0.15, -0.1) is 0 Å². The first-order valence-corrected chi connectivity index (χ1v) is 7.24. The average Bonchev–Trinajstić information content (AvgIpc) is 2.88. The molecule has 3 N–H and O–H groups in total. The predicted octanol–water partition coefficient (Wildman–Crippen LogP) is 1.37. The first-order valence-electron chi connectivity index (χ1n) is 7.24. The highest BCUT2D eigenvalue weighted by Crippen LogP contribution is 2.22. The molecule has 1 amide bonds. The summed E-state index contributed by atoms with van der Waals surface area (Å²) in [7, 11) is 1.69. The van der Waals surface area contributed by atoms with Crippen molar-refractivity contribution in [3.63, 3.8) is 0 Å². The molecule has 1 aliphatic rings. The Morgan fingerprint density at radius 1 is 1.48 bits per heavy atom. The number of nitrogens with two attached hydrogens (primary N) is 1. The zero-order valence-electron chi connectivity index (χ0n) is 12.1. The number of fused-ring (bicyclic) bond motifs is 1. The number of carbonyl (C=O) groups excluding carboxylic acids is 1. The number of amides is 1. The van der Waals surface area contributed by atoms with Gasteiger partial charge in [-0.25, -0.2) is 4.98 Å². The van der Waals surface area contributed by atoms with Crippen molar-refractivity contribution in [1.82, 2.24) is 15.2 Å². The van der Waals surface area contributed by atoms with E-state index in [1.54, 1.807) is 13.1 Å². The predicted molar refractivity (Wildman–Crippen MR) is 80.5 cm³/mol. The van der Waals surface area contributed by atoms with Crippen LogP contribution in [0.4, 0.5) is 5.69 Å². The second kappa shape index (κ2) is 5.73. The number of carbonyl (C=O) groups is 1. The lowest BCUT2D eigenvalue weighted by Gasteiger charge is -2.29. The number of rotatable bonds is 3. The fourth-order valence-corrected chi connectivity index (χ4v) is 2.81. The van der Waals surface area contributed by atoms with Crippen LogP contribution in [0.25, 0.3) is 11.1 Å². The molecule has 112 valence electrons. The molecule has 1 aliphatic heterocycles. The minimum Gasteiger partial charge on any atom is -0.439 e. The zero-order chi connectivity index (χ0) is 14.8. The highest BCUT2D eigenvalue weighted by atomic mass is 16.3. The normalized spacial score (nSPS) is 17.2. The molecule has 0 radical (unpaired) electrons. The summed E-state index contributed by atoms with van der Waals surface area (Å²) >= 11 is 0. The van der Waals surface area contributed by atoms with Gasteiger partial charge in [-0.05, 0) is 38.1 Å². The molecule has 6 nitrogen and oxygen atoms in total. The maximum Gasteiger partial charge on any atom is 0.222 e. The third-order valence-corrected chi connectivity index (χ3v) is 4.02. The van der Waals surface area contributed by atoms with E-state index in [9.17, 15) is 4.79 Å². The maximum atomic E-state index is 11.6. The van der Waals surface area contributed by atoms with Gasteiger partial charge in [0, 0.05) is 24.7 Å². The van der Waals surface area contributed by atoms with Crippen LogP contribution in [-0.4, -0.2) is 35.9 Å². The van der Waals surface area contributed by atoms with Gasteiger partial charge in [-0.1, -0.05) is 0 Å². The number of nitrogens with zero attached hydrogens (tertiary/aromatic N) is 2. The van der Waals surface area contributed by atoms with E-state index in [1.165, 1.54) is 0 Å². The number of benzene rings is 1. The van der Waals surface area contributed by atoms with Crippen LogP contribution in [-0.2, 0) is 11.3 Å². The van der Waals surface area contributed by atoms with E-state index in [1.807, 2.05) is 12.1 Å². The number of anilines is 1. The number of likely N-dealkylation sites (tertiary alicyclic amines) is 1. The van der Waals surface area contributed by atoms with Gasteiger partial charge in [-0.2, -0.15) is 0 Å². The number of nitrogens with one attached hydrogen (secondary N) is 1. The first-order chi connectivity index (χ1) is 10.2. The molecule has 2 heterocycles. The molecule has 1 aromatic carbocycles. The van der Waals surface area contributed by atoms with Crippen molar-refractivity contribution in [2.75, 3.05) is 25.9 Å². The summed E-state index contributed by atoms with van der Waals surface area (Å²) in [6.07, 6.45) is 1.76. The third kappa shape index (κ3) is 3.00. The van der Waals surface area contributed by atoms with E-state index in [2.05, 4.69) is 15.2 Å². The molecular weight excluding hydrogens is 268 g/mol. The van der Waals surface area contributed by atoms with E-state index in [0.29, 0.717) is 18.1 Å². The lowest BCUT2D eigenvalue weighted by molar-refractivity contribution is -0.125. The van der Waals surface area contributed by atoms with Crippen LogP contribution in [0.2, 0.25) is 0 Å². The number of hydrogen-bond donors (Lipinski definition) is 2. The summed E-state index contributed by atoms with van der Waals surface area (Å²) in [5.74, 6) is 0.982. The zero-order valence-corrected chi connectivity index (χ0v) is 12.1. The molecular formula is C15H20N4O2. The molecule has 2 aromatic rings. The molecule has 0 aliphatic carbocycles. The quantitative estimate of drug-likeness (QED) is 0.833. The van der Waals surface area contributed by atoms with E-state index < -0.39 is 0 Å². The lowest BCUT2D eigenvalue weighted by Crippen LogP contribution is -2.39. The van der Waals surface area contributed by atoms with Gasteiger partial charge in [0.1, 0.15) is 5.52 Å². The number of hydrogen-bond acceptors (Lipinski definition) is 5. The van der Waals surface area contributed by atoms with Crippen molar-refractivity contribution in [2.24, 2.45) is 5.92 Å². The average molecular weight is 288 g/mol. The summed E-state index contributed by atoms with van der Waals surface area (Å²) in [5, 5.41) is 2.72. The molecule has 0 unspecified atom stereocenters. The molecule has 0 atom stereocenters. The van der Waals surface area contributed by atoms with Crippen LogP contribution in [0.5, 0.6) is 0 Å². The van der Waals surface area contributed by atoms with Gasteiger partial charge < -0.3 is 15.5 Å². The summed E-state index contributed by atoms with van der Waals surface area (Å²) in [6.45, 7) is 2.45. The second-order valence-electron chi connectivity index (χ2n) is 5.50. The lowest BCUT2D eigenvalue weighted by atomic mass is 9.96. The largest absolute Gasteiger partial charge is 0.439 e. The molecule has 0 saturated carbocycles. The smallest absolute Gasteiger partial charge is 0.222 e. The number of nitrogen functional groups attached to an aromatic ring is 1. The van der Waals surface area contributed by atoms with Gasteiger partial charge >= 0.3 is 0 Å². The van der Waals surface area contributed by atoms with Gasteiger partial charge in [0.2, 0.25) is 11.8 Å². The van der Waals surface area contributed by atoms with E-state index >= 15 is 0 Å². The minimum atomic E-state index is 0.134. The van der Waals surface area contributed by atoms with E-state index in [0.717, 1.165) is 37.0 Å². The highest BCUT2D eigenvalue weighted by molar-refractivity contribution is 5.78. The van der Waals surface area contributed by atoms with Crippen LogP contribution < -0.4 is 11.1 Å². The Morgan fingerprint density at radius 3 is 2.95 bits per heavy atom. The number of oxazole rings is 1. The molecule has 0 spiro atoms. The van der Waals surface area contributed by atoms with Crippen LogP contribution in [0.3, 0.4) is 0 Å². The number of aromatic nitrogens is 1. The molecule has 1 fully saturated rings. The Balaban J connectivity index is 1.63. The van der Waals surface area contributed by atoms with Crippen molar-refractivity contribution in [1.29, 1.82) is 0 Å². The molecule has 1 saturated heterocycles. The Labute approximate surface area is 123 Å². The standard InChI is InChI=1S/C15H20N4O2/c1-17-15(20)10-4-6-19(7-5-10)9-14-18-12-3-2-11(16)8-13(12)21-14/h2-3,8,10H,4-7,9,16H2,1H3,(H,17,20). The maximum absolute atomic E-state index is 11.6. The van der Waals surface area contributed by atoms with Crippen molar-refractivity contribution in [3.8, 4) is 0 Å². The van der Waals surface area contributed by atoms with Crippen molar-refractivity contribution in [2.45, 2.75) is 19.4 Å². The van der Waals surface area contributed by atoms with E-state index in [-0.39, 0.29) is 11.8 Å². The summed E-state index contributed by atoms with van der Waals surface area (Å²) < 4.78 is 5.74. The van der Waals surface area contributed by atoms with Crippen molar-refractivity contribution >= 4 is 22.7 Å². The van der Waals surface area contributed by atoms with Gasteiger partial charge in [-0.3, -0.25) is 9.69 Å². The SMILES string of the molecule is CNC(=O)C1CCN(Cc2nc3ccc(N)cc3o2)CC1. The van der Waals surface area contributed by atoms with Gasteiger partial charge in [0.15, 0.2) is 5.58 Å². The Morgan fingerprint density at radius 2 is 2.24 bits per heavy atom. The highest BCUT2D eigenvalue weighted by Gasteiger charge is 2.24. The second-order valence-corrected chi connectivity index (χ2v) is 5.50. The summed E-state index contributed by atoms with van der Waals surface area (Å²) in [4.78, 5) is 18.4. The Bertz CT molecular complexity index is 644. The summed E-state index contributed by atoms with van der Waals surface area (Å²) in [6, 6.07) is 5.49. The van der Waals surface area contributed by atoms with Crippen molar-refractivity contribution < 1.29 is 9.21 Å². The molecule has 6 heteroatoms.